The number of amides is 1. The fourth-order valence-electron chi connectivity index (χ4n) is 3.54. The number of nitriles is 1. The minimum absolute atomic E-state index is 0.200. The van der Waals surface area contributed by atoms with Gasteiger partial charge in [0.25, 0.3) is 5.91 Å². The van der Waals surface area contributed by atoms with Crippen LogP contribution in [0, 0.1) is 17.2 Å². The first-order valence-electron chi connectivity index (χ1n) is 8.97. The van der Waals surface area contributed by atoms with Crippen molar-refractivity contribution in [2.24, 2.45) is 5.92 Å². The third-order valence-corrected chi connectivity index (χ3v) is 6.34. The van der Waals surface area contributed by atoms with Crippen LogP contribution in [0.3, 0.4) is 0 Å². The molecule has 0 saturated carbocycles. The summed E-state index contributed by atoms with van der Waals surface area (Å²) in [5.41, 5.74) is 2.42. The van der Waals surface area contributed by atoms with Gasteiger partial charge in [-0.2, -0.15) is 5.26 Å². The first kappa shape index (κ1) is 18.8. The molecule has 1 aromatic heterocycles. The number of fused-ring (bicyclic) bond motifs is 2. The Bertz CT molecular complexity index is 995. The Morgan fingerprint density at radius 1 is 1.39 bits per heavy atom. The van der Waals surface area contributed by atoms with Crippen molar-refractivity contribution in [1.82, 2.24) is 0 Å². The fraction of sp³-hybridized carbons (Fsp3) is 0.350. The predicted molar refractivity (Wildman–Crippen MR) is 105 cm³/mol. The van der Waals surface area contributed by atoms with E-state index in [0.717, 1.165) is 35.3 Å². The van der Waals surface area contributed by atoms with E-state index in [9.17, 15) is 14.9 Å². The lowest BCUT2D eigenvalue weighted by Crippen LogP contribution is -2.31. The number of benzene rings is 1. The van der Waals surface area contributed by atoms with Crippen LogP contribution in [0.15, 0.2) is 18.2 Å². The second-order valence-electron chi connectivity index (χ2n) is 6.79. The number of nitrogens with zero attached hydrogens (tertiary/aromatic N) is 1. The van der Waals surface area contributed by atoms with Gasteiger partial charge in [-0.25, -0.2) is 0 Å². The van der Waals surface area contributed by atoms with Crippen molar-refractivity contribution in [3.8, 4) is 11.8 Å². The normalized spacial score (nSPS) is 17.1. The number of thiophene rings is 1. The molecule has 1 N–H and O–H groups in total. The maximum Gasteiger partial charge on any atom is 0.313 e. The summed E-state index contributed by atoms with van der Waals surface area (Å²) in [7, 11) is 0. The van der Waals surface area contributed by atoms with Crippen molar-refractivity contribution in [2.75, 3.05) is 18.5 Å². The third kappa shape index (κ3) is 3.71. The Morgan fingerprint density at radius 3 is 3.07 bits per heavy atom. The number of carbonyl (C=O) groups is 2. The van der Waals surface area contributed by atoms with E-state index in [1.807, 2.05) is 0 Å². The van der Waals surface area contributed by atoms with Gasteiger partial charge in [-0.15, -0.1) is 11.3 Å². The molecule has 2 heterocycles. The van der Waals surface area contributed by atoms with Crippen LogP contribution >= 0.6 is 22.9 Å². The molecule has 0 saturated heterocycles. The largest absolute Gasteiger partial charge is 0.492 e. The van der Waals surface area contributed by atoms with Crippen molar-refractivity contribution in [2.45, 2.75) is 25.7 Å². The number of ether oxygens (including phenoxy) is 2. The van der Waals surface area contributed by atoms with Crippen LogP contribution in [0.4, 0.5) is 5.00 Å². The van der Waals surface area contributed by atoms with Gasteiger partial charge in [0.05, 0.1) is 11.5 Å². The van der Waals surface area contributed by atoms with E-state index in [0.29, 0.717) is 27.8 Å². The summed E-state index contributed by atoms with van der Waals surface area (Å²) >= 11 is 7.42. The number of nitrogens with one attached hydrogen (secondary N) is 1. The Balaban J connectivity index is 1.33. The Hall–Kier alpha value is -2.56. The molecule has 6 nitrogen and oxygen atoms in total. The van der Waals surface area contributed by atoms with E-state index in [1.165, 1.54) is 11.3 Å². The molecule has 1 amide bonds. The Morgan fingerprint density at radius 2 is 2.25 bits per heavy atom. The van der Waals surface area contributed by atoms with Gasteiger partial charge in [0, 0.05) is 9.90 Å². The van der Waals surface area contributed by atoms with Crippen molar-refractivity contribution in [3.05, 3.63) is 44.8 Å². The average molecular weight is 417 g/mol. The lowest BCUT2D eigenvalue weighted by Gasteiger charge is -2.24. The maximum absolute atomic E-state index is 12.3. The summed E-state index contributed by atoms with van der Waals surface area (Å²) in [5, 5.41) is 13.2. The van der Waals surface area contributed by atoms with Crippen LogP contribution in [-0.2, 0) is 33.6 Å². The summed E-state index contributed by atoms with van der Waals surface area (Å²) < 4.78 is 10.8. The number of rotatable bonds is 4. The monoisotopic (exact) mass is 416 g/mol. The first-order chi connectivity index (χ1) is 13.5. The third-order valence-electron chi connectivity index (χ3n) is 4.89. The van der Waals surface area contributed by atoms with Crippen LogP contribution in [0.5, 0.6) is 5.75 Å². The number of carbonyl (C=O) groups excluding carboxylic acids is 2. The van der Waals surface area contributed by atoms with Gasteiger partial charge in [0.2, 0.25) is 0 Å². The molecule has 0 bridgehead atoms. The van der Waals surface area contributed by atoms with E-state index < -0.39 is 24.4 Å². The standard InChI is InChI=1S/C20H17ClN2O4S/c21-13-4-5-16-11(7-13)6-12(9-26-16)20(25)27-10-18(24)23-19-15(8-22)14-2-1-3-17(14)28-19/h4-5,7,12H,1-3,6,9-10H2,(H,23,24)/t12-/m1/s1. The predicted octanol–water partition coefficient (Wildman–Crippen LogP) is 3.49. The van der Waals surface area contributed by atoms with Gasteiger partial charge in [0.1, 0.15) is 23.4 Å². The van der Waals surface area contributed by atoms with Gasteiger partial charge in [-0.05, 0) is 55.0 Å². The van der Waals surface area contributed by atoms with Crippen LogP contribution in [0.25, 0.3) is 0 Å². The molecule has 28 heavy (non-hydrogen) atoms. The molecule has 1 aliphatic carbocycles. The molecule has 2 aromatic rings. The highest BCUT2D eigenvalue weighted by atomic mass is 35.5. The van der Waals surface area contributed by atoms with Crippen molar-refractivity contribution in [3.63, 3.8) is 0 Å². The Kier molecular flexibility index (Phi) is 5.25. The molecule has 0 spiro atoms. The molecule has 1 atom stereocenters. The van der Waals surface area contributed by atoms with Crippen molar-refractivity contribution < 1.29 is 19.1 Å². The summed E-state index contributed by atoms with van der Waals surface area (Å²) in [6.07, 6.45) is 3.30. The summed E-state index contributed by atoms with van der Waals surface area (Å²) in [4.78, 5) is 25.7. The quantitative estimate of drug-likeness (QED) is 0.770. The molecule has 0 unspecified atom stereocenters. The zero-order valence-corrected chi connectivity index (χ0v) is 16.5. The number of anilines is 1. The summed E-state index contributed by atoms with van der Waals surface area (Å²) in [6, 6.07) is 7.45. The number of hydrogen-bond acceptors (Lipinski definition) is 6. The van der Waals surface area contributed by atoms with E-state index >= 15 is 0 Å². The first-order valence-corrected chi connectivity index (χ1v) is 10.2. The highest BCUT2D eigenvalue weighted by Gasteiger charge is 2.28. The van der Waals surface area contributed by atoms with E-state index in [1.54, 1.807) is 18.2 Å². The van der Waals surface area contributed by atoms with Crippen LogP contribution in [-0.4, -0.2) is 25.1 Å². The SMILES string of the molecule is N#Cc1c(NC(=O)COC(=O)[C@H]2COc3ccc(Cl)cc3C2)sc2c1CCC2. The van der Waals surface area contributed by atoms with E-state index in [4.69, 9.17) is 21.1 Å². The second-order valence-corrected chi connectivity index (χ2v) is 8.33. The molecule has 2 aliphatic rings. The molecule has 0 radical (unpaired) electrons. The lowest BCUT2D eigenvalue weighted by molar-refractivity contribution is -0.152. The topological polar surface area (TPSA) is 88.4 Å². The Labute approximate surface area is 171 Å². The van der Waals surface area contributed by atoms with Gasteiger partial charge in [-0.3, -0.25) is 9.59 Å². The molecule has 4 rings (SSSR count). The summed E-state index contributed by atoms with van der Waals surface area (Å²) in [5.74, 6) is -0.722. The smallest absolute Gasteiger partial charge is 0.313 e. The van der Waals surface area contributed by atoms with Crippen LogP contribution in [0.1, 0.15) is 28.0 Å². The molecule has 0 fully saturated rings. The fourth-order valence-corrected chi connectivity index (χ4v) is 4.99. The molecule has 8 heteroatoms. The second kappa shape index (κ2) is 7.82. The highest BCUT2D eigenvalue weighted by molar-refractivity contribution is 7.16. The zero-order valence-electron chi connectivity index (χ0n) is 14.9. The zero-order chi connectivity index (χ0) is 19.7. The molecular formula is C20H17ClN2O4S. The van der Waals surface area contributed by atoms with Gasteiger partial charge >= 0.3 is 5.97 Å². The summed E-state index contributed by atoms with van der Waals surface area (Å²) in [6.45, 7) is -0.198. The van der Waals surface area contributed by atoms with E-state index in [-0.39, 0.29) is 6.61 Å². The number of halogens is 1. The molecular weight excluding hydrogens is 400 g/mol. The van der Waals surface area contributed by atoms with Crippen LogP contribution < -0.4 is 10.1 Å². The van der Waals surface area contributed by atoms with Crippen molar-refractivity contribution >= 4 is 39.8 Å². The van der Waals surface area contributed by atoms with Gasteiger partial charge in [-0.1, -0.05) is 11.6 Å². The molecule has 144 valence electrons. The number of hydrogen-bond donors (Lipinski definition) is 1. The minimum atomic E-state index is -0.491. The molecule has 1 aliphatic heterocycles. The number of esters is 1. The van der Waals surface area contributed by atoms with Gasteiger partial charge in [0.15, 0.2) is 6.61 Å². The lowest BCUT2D eigenvalue weighted by atomic mass is 9.97. The molecule has 1 aromatic carbocycles. The van der Waals surface area contributed by atoms with Crippen LogP contribution in [0.2, 0.25) is 5.02 Å². The average Bonchev–Trinajstić information content (AvgIpc) is 3.26. The number of aryl methyl sites for hydroxylation is 1. The highest BCUT2D eigenvalue weighted by Crippen LogP contribution is 2.38. The minimum Gasteiger partial charge on any atom is -0.492 e. The maximum atomic E-state index is 12.3. The van der Waals surface area contributed by atoms with Crippen molar-refractivity contribution in [1.29, 1.82) is 5.26 Å². The van der Waals surface area contributed by atoms with Gasteiger partial charge < -0.3 is 14.8 Å². The van der Waals surface area contributed by atoms with E-state index in [2.05, 4.69) is 11.4 Å².